The average Bonchev–Trinajstić information content (AvgIpc) is 2.83. The molecule has 1 atom stereocenters. The molecule has 16 heavy (non-hydrogen) atoms. The van der Waals surface area contributed by atoms with Crippen LogP contribution in [0.5, 0.6) is 0 Å². The summed E-state index contributed by atoms with van der Waals surface area (Å²) < 4.78 is 0. The summed E-state index contributed by atoms with van der Waals surface area (Å²) in [6.45, 7) is 4.10. The van der Waals surface area contributed by atoms with E-state index in [0.29, 0.717) is 11.9 Å². The number of anilines is 2. The number of hydrogen-bond acceptors (Lipinski definition) is 4. The molecule has 6 N–H and O–H groups in total. The van der Waals surface area contributed by atoms with E-state index < -0.39 is 0 Å². The van der Waals surface area contributed by atoms with Gasteiger partial charge in [-0.05, 0) is 6.42 Å². The number of rotatable bonds is 3. The van der Waals surface area contributed by atoms with E-state index in [9.17, 15) is 0 Å². The van der Waals surface area contributed by atoms with E-state index in [4.69, 9.17) is 11.5 Å². The lowest BCUT2D eigenvalue weighted by Gasteiger charge is -2.07. The number of aromatic amines is 2. The molecule has 6 nitrogen and oxygen atoms in total. The summed E-state index contributed by atoms with van der Waals surface area (Å²) in [7, 11) is 0. The third kappa shape index (κ3) is 1.73. The van der Waals surface area contributed by atoms with Crippen molar-refractivity contribution in [2.45, 2.75) is 26.2 Å². The van der Waals surface area contributed by atoms with Crippen molar-refractivity contribution in [3.63, 3.8) is 0 Å². The molecule has 86 valence electrons. The number of hydrogen-bond donors (Lipinski definition) is 4. The smallest absolute Gasteiger partial charge is 0.197 e. The first kappa shape index (κ1) is 10.5. The number of nitrogen functional groups attached to an aromatic ring is 2. The number of nitrogens with zero attached hydrogens (tertiary/aromatic N) is 2. The van der Waals surface area contributed by atoms with Crippen LogP contribution in [0.4, 0.5) is 11.9 Å². The van der Waals surface area contributed by atoms with Crippen LogP contribution >= 0.6 is 0 Å². The van der Waals surface area contributed by atoms with Crippen LogP contribution in [-0.4, -0.2) is 19.9 Å². The van der Waals surface area contributed by atoms with Gasteiger partial charge in [0.15, 0.2) is 11.9 Å². The summed E-state index contributed by atoms with van der Waals surface area (Å²) in [6, 6.07) is 0. The molecule has 2 heterocycles. The minimum atomic E-state index is 0.105. The third-order valence-electron chi connectivity index (χ3n) is 2.67. The Morgan fingerprint density at radius 2 is 2.06 bits per heavy atom. The number of aryl methyl sites for hydroxylation is 1. The molecular weight excluding hydrogens is 204 g/mol. The predicted molar refractivity (Wildman–Crippen MR) is 62.9 cm³/mol. The van der Waals surface area contributed by atoms with Crippen LogP contribution in [0.1, 0.15) is 36.8 Å². The van der Waals surface area contributed by atoms with Crippen LogP contribution in [0.3, 0.4) is 0 Å². The quantitative estimate of drug-likeness (QED) is 0.618. The standard InChI is InChI=1S/C10H16N6/c1-3-6-8(16-10(12)14-6)5(2)7-4-13-9(11)15-7/h4-5H,3H2,1-2H3,(H3,11,13,15)(H3,12,14,16). The molecule has 0 saturated carbocycles. The normalized spacial score (nSPS) is 12.9. The minimum Gasteiger partial charge on any atom is -0.369 e. The number of nitrogens with two attached hydrogens (primary N) is 2. The summed E-state index contributed by atoms with van der Waals surface area (Å²) in [5, 5.41) is 0. The van der Waals surface area contributed by atoms with Gasteiger partial charge in [0.1, 0.15) is 0 Å². The van der Waals surface area contributed by atoms with E-state index >= 15 is 0 Å². The molecule has 0 aliphatic rings. The van der Waals surface area contributed by atoms with Gasteiger partial charge in [-0.2, -0.15) is 0 Å². The predicted octanol–water partition coefficient (Wildman–Crippen LogP) is 1.01. The van der Waals surface area contributed by atoms with E-state index in [2.05, 4.69) is 26.9 Å². The Bertz CT molecular complexity index is 483. The molecular formula is C10H16N6. The van der Waals surface area contributed by atoms with Gasteiger partial charge in [0, 0.05) is 17.3 Å². The van der Waals surface area contributed by atoms with E-state index in [1.54, 1.807) is 6.20 Å². The minimum absolute atomic E-state index is 0.105. The van der Waals surface area contributed by atoms with Crippen molar-refractivity contribution < 1.29 is 0 Å². The second kappa shape index (κ2) is 3.88. The Morgan fingerprint density at radius 1 is 1.31 bits per heavy atom. The Morgan fingerprint density at radius 3 is 2.62 bits per heavy atom. The second-order valence-corrected chi connectivity index (χ2v) is 3.78. The van der Waals surface area contributed by atoms with Crippen molar-refractivity contribution in [2.75, 3.05) is 11.5 Å². The van der Waals surface area contributed by atoms with Gasteiger partial charge >= 0.3 is 0 Å². The van der Waals surface area contributed by atoms with Crippen LogP contribution < -0.4 is 11.5 Å². The number of H-pyrrole nitrogens is 2. The molecule has 2 rings (SSSR count). The van der Waals surface area contributed by atoms with Crippen molar-refractivity contribution in [1.29, 1.82) is 0 Å². The first-order chi connectivity index (χ1) is 7.61. The summed E-state index contributed by atoms with van der Waals surface area (Å²) in [6.07, 6.45) is 2.60. The maximum atomic E-state index is 5.66. The van der Waals surface area contributed by atoms with Crippen LogP contribution in [0.15, 0.2) is 6.20 Å². The molecule has 0 saturated heterocycles. The van der Waals surface area contributed by atoms with Gasteiger partial charge in [0.2, 0.25) is 0 Å². The molecule has 0 spiro atoms. The zero-order chi connectivity index (χ0) is 11.7. The van der Waals surface area contributed by atoms with Crippen LogP contribution in [0.2, 0.25) is 0 Å². The lowest BCUT2D eigenvalue weighted by Crippen LogP contribution is -2.01. The Kier molecular flexibility index (Phi) is 2.55. The van der Waals surface area contributed by atoms with Gasteiger partial charge in [0.25, 0.3) is 0 Å². The van der Waals surface area contributed by atoms with Gasteiger partial charge in [-0.3, -0.25) is 0 Å². The summed E-state index contributed by atoms with van der Waals surface area (Å²) in [4.78, 5) is 14.3. The van der Waals surface area contributed by atoms with E-state index in [-0.39, 0.29) is 5.92 Å². The highest BCUT2D eigenvalue weighted by Gasteiger charge is 2.17. The molecule has 0 aliphatic carbocycles. The van der Waals surface area contributed by atoms with E-state index in [1.807, 2.05) is 6.92 Å². The fraction of sp³-hybridized carbons (Fsp3) is 0.400. The lowest BCUT2D eigenvalue weighted by atomic mass is 10.0. The van der Waals surface area contributed by atoms with Gasteiger partial charge in [-0.25, -0.2) is 9.97 Å². The van der Waals surface area contributed by atoms with Crippen LogP contribution in [0.25, 0.3) is 0 Å². The topological polar surface area (TPSA) is 109 Å². The lowest BCUT2D eigenvalue weighted by molar-refractivity contribution is 0.829. The van der Waals surface area contributed by atoms with Crippen LogP contribution in [0, 0.1) is 0 Å². The second-order valence-electron chi connectivity index (χ2n) is 3.78. The Hall–Kier alpha value is -1.98. The maximum absolute atomic E-state index is 5.66. The number of imidazole rings is 2. The molecule has 6 heteroatoms. The monoisotopic (exact) mass is 220 g/mol. The van der Waals surface area contributed by atoms with Crippen molar-refractivity contribution in [1.82, 2.24) is 19.9 Å². The fourth-order valence-corrected chi connectivity index (χ4v) is 1.79. The van der Waals surface area contributed by atoms with Crippen molar-refractivity contribution in [3.8, 4) is 0 Å². The summed E-state index contributed by atoms with van der Waals surface area (Å²) in [5.41, 5.74) is 14.2. The zero-order valence-corrected chi connectivity index (χ0v) is 9.41. The molecule has 2 aromatic rings. The van der Waals surface area contributed by atoms with Gasteiger partial charge in [-0.15, -0.1) is 0 Å². The van der Waals surface area contributed by atoms with Crippen molar-refractivity contribution in [2.24, 2.45) is 0 Å². The first-order valence-corrected chi connectivity index (χ1v) is 5.26. The van der Waals surface area contributed by atoms with Gasteiger partial charge in [-0.1, -0.05) is 13.8 Å². The molecule has 0 aliphatic heterocycles. The molecule has 0 bridgehead atoms. The van der Waals surface area contributed by atoms with E-state index in [0.717, 1.165) is 23.5 Å². The van der Waals surface area contributed by atoms with E-state index in [1.165, 1.54) is 0 Å². The zero-order valence-electron chi connectivity index (χ0n) is 9.41. The van der Waals surface area contributed by atoms with Gasteiger partial charge in [0.05, 0.1) is 11.9 Å². The van der Waals surface area contributed by atoms with Crippen molar-refractivity contribution >= 4 is 11.9 Å². The molecule has 0 amide bonds. The average molecular weight is 220 g/mol. The fourth-order valence-electron chi connectivity index (χ4n) is 1.79. The highest BCUT2D eigenvalue weighted by Crippen LogP contribution is 2.25. The Labute approximate surface area is 93.5 Å². The molecule has 1 unspecified atom stereocenters. The number of nitrogens with one attached hydrogen (secondary N) is 2. The largest absolute Gasteiger partial charge is 0.369 e. The summed E-state index contributed by atoms with van der Waals surface area (Å²) in [5.74, 6) is 0.975. The SMILES string of the molecule is CCc1[nH]c(N)nc1C(C)c1cnc(N)[nH]1. The summed E-state index contributed by atoms with van der Waals surface area (Å²) >= 11 is 0. The first-order valence-electron chi connectivity index (χ1n) is 5.26. The Balaban J connectivity index is 2.36. The van der Waals surface area contributed by atoms with Crippen molar-refractivity contribution in [3.05, 3.63) is 23.3 Å². The molecule has 2 aromatic heterocycles. The van der Waals surface area contributed by atoms with Crippen LogP contribution in [-0.2, 0) is 6.42 Å². The number of aromatic nitrogens is 4. The van der Waals surface area contributed by atoms with Gasteiger partial charge < -0.3 is 21.4 Å². The molecule has 0 radical (unpaired) electrons. The molecule has 0 fully saturated rings. The molecule has 0 aromatic carbocycles. The maximum Gasteiger partial charge on any atom is 0.197 e. The highest BCUT2D eigenvalue weighted by molar-refractivity contribution is 5.34. The highest BCUT2D eigenvalue weighted by atomic mass is 15.1. The third-order valence-corrected chi connectivity index (χ3v) is 2.67.